The third-order valence-corrected chi connectivity index (χ3v) is 3.24. The van der Waals surface area contributed by atoms with Crippen LogP contribution in [0.3, 0.4) is 0 Å². The van der Waals surface area contributed by atoms with Crippen molar-refractivity contribution in [2.45, 2.75) is 25.7 Å². The lowest BCUT2D eigenvalue weighted by Gasteiger charge is -2.04. The van der Waals surface area contributed by atoms with Crippen molar-refractivity contribution in [2.75, 3.05) is 0 Å². The second-order valence-corrected chi connectivity index (χ2v) is 4.91. The number of aliphatic carboxylic acids is 1. The van der Waals surface area contributed by atoms with Gasteiger partial charge in [-0.05, 0) is 25.0 Å². The number of phenols is 1. The van der Waals surface area contributed by atoms with Gasteiger partial charge in [0.05, 0.1) is 0 Å². The van der Waals surface area contributed by atoms with Crippen molar-refractivity contribution in [3.63, 3.8) is 0 Å². The van der Waals surface area contributed by atoms with Crippen LogP contribution >= 0.6 is 0 Å². The molecule has 0 saturated carbocycles. The van der Waals surface area contributed by atoms with Gasteiger partial charge >= 0.3 is 11.6 Å². The summed E-state index contributed by atoms with van der Waals surface area (Å²) in [4.78, 5) is 34.1. The molecule has 0 aliphatic heterocycles. The monoisotopic (exact) mass is 326 g/mol. The number of halogens is 2. The van der Waals surface area contributed by atoms with E-state index in [1.807, 2.05) is 0 Å². The van der Waals surface area contributed by atoms with Crippen LogP contribution in [0.4, 0.5) is 8.78 Å². The number of aromatic hydroxyl groups is 1. The van der Waals surface area contributed by atoms with Crippen LogP contribution in [0.15, 0.2) is 21.3 Å². The number of rotatable bonds is 6. The van der Waals surface area contributed by atoms with E-state index in [9.17, 15) is 23.2 Å². The van der Waals surface area contributed by atoms with Crippen LogP contribution in [-0.2, 0) is 4.79 Å². The minimum absolute atomic E-state index is 0.0907. The van der Waals surface area contributed by atoms with Crippen LogP contribution in [0.25, 0.3) is 11.0 Å². The fourth-order valence-corrected chi connectivity index (χ4v) is 2.07. The predicted octanol–water partition coefficient (Wildman–Crippen LogP) is 2.60. The van der Waals surface area contributed by atoms with E-state index < -0.39 is 40.3 Å². The van der Waals surface area contributed by atoms with Crippen LogP contribution in [0.2, 0.25) is 0 Å². The number of carboxylic acid groups (broad SMARTS) is 1. The molecule has 0 amide bonds. The third-order valence-electron chi connectivity index (χ3n) is 3.24. The van der Waals surface area contributed by atoms with Crippen molar-refractivity contribution >= 4 is 22.7 Å². The highest BCUT2D eigenvalue weighted by molar-refractivity contribution is 5.98. The lowest BCUT2D eigenvalue weighted by Crippen LogP contribution is -2.14. The quantitative estimate of drug-likeness (QED) is 0.480. The average Bonchev–Trinajstić information content (AvgIpc) is 2.49. The molecule has 6 nitrogen and oxygen atoms in total. The van der Waals surface area contributed by atoms with Gasteiger partial charge in [-0.25, -0.2) is 9.18 Å². The molecule has 0 unspecified atom stereocenters. The number of carbonyl (C=O) groups is 2. The van der Waals surface area contributed by atoms with Crippen LogP contribution < -0.4 is 5.63 Å². The Morgan fingerprint density at radius 3 is 2.43 bits per heavy atom. The number of hydrogen-bond donors (Lipinski definition) is 2. The molecule has 2 aromatic rings. The third kappa shape index (κ3) is 3.53. The molecule has 8 heteroatoms. The zero-order valence-corrected chi connectivity index (χ0v) is 11.8. The Bertz CT molecular complexity index is 840. The van der Waals surface area contributed by atoms with Gasteiger partial charge in [-0.1, -0.05) is 0 Å². The molecule has 0 fully saturated rings. The van der Waals surface area contributed by atoms with E-state index in [1.54, 1.807) is 0 Å². The Balaban J connectivity index is 2.29. The van der Waals surface area contributed by atoms with Crippen molar-refractivity contribution in [2.24, 2.45) is 0 Å². The summed E-state index contributed by atoms with van der Waals surface area (Å²) in [5.41, 5.74) is -2.13. The fourth-order valence-electron chi connectivity index (χ4n) is 2.07. The van der Waals surface area contributed by atoms with E-state index >= 15 is 0 Å². The topological polar surface area (TPSA) is 105 Å². The smallest absolute Gasteiger partial charge is 0.347 e. The Morgan fingerprint density at radius 2 is 1.78 bits per heavy atom. The van der Waals surface area contributed by atoms with Gasteiger partial charge in [-0.2, -0.15) is 4.39 Å². The summed E-state index contributed by atoms with van der Waals surface area (Å²) >= 11 is 0. The second-order valence-electron chi connectivity index (χ2n) is 4.91. The lowest BCUT2D eigenvalue weighted by atomic mass is 10.0. The summed E-state index contributed by atoms with van der Waals surface area (Å²) in [6.07, 6.45) is 0.319. The summed E-state index contributed by atoms with van der Waals surface area (Å²) in [5.74, 6) is -5.54. The number of carbonyl (C=O) groups excluding carboxylic acids is 1. The molecular formula is C15H12F2O6. The second kappa shape index (κ2) is 6.55. The molecule has 23 heavy (non-hydrogen) atoms. The maximum absolute atomic E-state index is 13.6. The van der Waals surface area contributed by atoms with Crippen molar-refractivity contribution in [1.29, 1.82) is 0 Å². The first kappa shape index (κ1) is 16.6. The number of fused-ring (bicyclic) bond motifs is 1. The first-order chi connectivity index (χ1) is 10.8. The minimum atomic E-state index is -1.42. The van der Waals surface area contributed by atoms with E-state index in [4.69, 9.17) is 10.2 Å². The molecule has 0 bridgehead atoms. The van der Waals surface area contributed by atoms with E-state index in [1.165, 1.54) is 0 Å². The summed E-state index contributed by atoms with van der Waals surface area (Å²) in [7, 11) is 0. The van der Waals surface area contributed by atoms with Crippen molar-refractivity contribution in [1.82, 2.24) is 0 Å². The van der Waals surface area contributed by atoms with Gasteiger partial charge in [0.2, 0.25) is 5.82 Å². The standard InChI is InChI=1S/C15H12F2O6/c16-9-6-7-5-8(10(18)3-1-2-4-11(19)20)15(22)23-14(7)12(17)13(9)21/h5-6,21H,1-4H2,(H,19,20). The minimum Gasteiger partial charge on any atom is -0.503 e. The molecule has 1 aromatic heterocycles. The molecule has 1 heterocycles. The van der Waals surface area contributed by atoms with Crippen molar-refractivity contribution in [3.8, 4) is 5.75 Å². The summed E-state index contributed by atoms with van der Waals surface area (Å²) in [5, 5.41) is 17.5. The summed E-state index contributed by atoms with van der Waals surface area (Å²) in [6, 6.07) is 1.74. The fraction of sp³-hybridized carbons (Fsp3) is 0.267. The van der Waals surface area contributed by atoms with Gasteiger partial charge in [0.25, 0.3) is 0 Å². The largest absolute Gasteiger partial charge is 0.503 e. The summed E-state index contributed by atoms with van der Waals surface area (Å²) in [6.45, 7) is 0. The Labute approximate surface area is 128 Å². The maximum atomic E-state index is 13.6. The molecular weight excluding hydrogens is 314 g/mol. The molecule has 1 aromatic carbocycles. The molecule has 0 aliphatic carbocycles. The Hall–Kier alpha value is -2.77. The number of benzene rings is 1. The zero-order valence-electron chi connectivity index (χ0n) is 11.8. The van der Waals surface area contributed by atoms with E-state index in [2.05, 4.69) is 4.42 Å². The molecule has 0 saturated heterocycles. The van der Waals surface area contributed by atoms with Crippen molar-refractivity contribution in [3.05, 3.63) is 39.8 Å². The number of ketones is 1. The van der Waals surface area contributed by atoms with Gasteiger partial charge < -0.3 is 14.6 Å². The van der Waals surface area contributed by atoms with Crippen LogP contribution in [0, 0.1) is 11.6 Å². The van der Waals surface area contributed by atoms with Crippen LogP contribution in [0.5, 0.6) is 5.75 Å². The number of phenolic OH excluding ortho intramolecular Hbond substituents is 1. The normalized spacial score (nSPS) is 10.9. The number of unbranched alkanes of at least 4 members (excludes halogenated alkanes) is 1. The molecule has 0 aliphatic rings. The molecule has 2 rings (SSSR count). The first-order valence-electron chi connectivity index (χ1n) is 6.71. The van der Waals surface area contributed by atoms with Gasteiger partial charge in [0, 0.05) is 18.2 Å². The SMILES string of the molecule is O=C(O)CCCCC(=O)c1cc2cc(F)c(O)c(F)c2oc1=O. The Kier molecular flexibility index (Phi) is 4.73. The number of carboxylic acids is 1. The van der Waals surface area contributed by atoms with E-state index in [-0.39, 0.29) is 36.6 Å². The number of hydrogen-bond acceptors (Lipinski definition) is 5. The van der Waals surface area contributed by atoms with Gasteiger partial charge in [0.15, 0.2) is 22.9 Å². The Morgan fingerprint density at radius 1 is 1.13 bits per heavy atom. The highest BCUT2D eigenvalue weighted by atomic mass is 19.1. The molecule has 0 atom stereocenters. The number of Topliss-reactive ketones (excluding diaryl/α,β-unsaturated/α-hetero) is 1. The van der Waals surface area contributed by atoms with Gasteiger partial charge in [-0.15, -0.1) is 0 Å². The van der Waals surface area contributed by atoms with E-state index in [0.717, 1.165) is 12.1 Å². The van der Waals surface area contributed by atoms with Gasteiger partial charge in [0.1, 0.15) is 5.56 Å². The molecule has 2 N–H and O–H groups in total. The molecule has 0 spiro atoms. The maximum Gasteiger partial charge on any atom is 0.347 e. The van der Waals surface area contributed by atoms with E-state index in [0.29, 0.717) is 0 Å². The average molecular weight is 326 g/mol. The highest BCUT2D eigenvalue weighted by Gasteiger charge is 2.19. The molecule has 122 valence electrons. The van der Waals surface area contributed by atoms with Crippen molar-refractivity contribution < 1.29 is 33.0 Å². The molecule has 0 radical (unpaired) electrons. The van der Waals surface area contributed by atoms with Gasteiger partial charge in [-0.3, -0.25) is 9.59 Å². The van der Waals surface area contributed by atoms with Crippen LogP contribution in [-0.4, -0.2) is 22.0 Å². The highest BCUT2D eigenvalue weighted by Crippen LogP contribution is 2.28. The summed E-state index contributed by atoms with van der Waals surface area (Å²) < 4.78 is 31.6. The zero-order chi connectivity index (χ0) is 17.1. The lowest BCUT2D eigenvalue weighted by molar-refractivity contribution is -0.137. The van der Waals surface area contributed by atoms with Crippen LogP contribution in [0.1, 0.15) is 36.0 Å². The predicted molar refractivity (Wildman–Crippen MR) is 74.5 cm³/mol. The first-order valence-corrected chi connectivity index (χ1v) is 6.71.